The molecule has 1 heterocycles. The summed E-state index contributed by atoms with van der Waals surface area (Å²) in [4.78, 5) is 4.48. The van der Waals surface area contributed by atoms with Crippen molar-refractivity contribution in [1.82, 2.24) is 15.2 Å². The molecule has 0 bridgehead atoms. The van der Waals surface area contributed by atoms with Crippen LogP contribution in [-0.2, 0) is 11.2 Å². The number of hydrogen-bond acceptors (Lipinski definition) is 3. The number of nitrogens with zero attached hydrogens (tertiary/aromatic N) is 2. The third kappa shape index (κ3) is 2.04. The minimum absolute atomic E-state index is 0.0355. The normalized spacial score (nSPS) is 19.2. The van der Waals surface area contributed by atoms with Crippen LogP contribution >= 0.6 is 0 Å². The summed E-state index contributed by atoms with van der Waals surface area (Å²) in [5, 5.41) is 7.21. The van der Waals surface area contributed by atoms with E-state index in [2.05, 4.69) is 29.0 Å². The number of rotatable bonds is 4. The molecule has 0 aliphatic heterocycles. The summed E-state index contributed by atoms with van der Waals surface area (Å²) in [6.45, 7) is 4.20. The zero-order valence-corrected chi connectivity index (χ0v) is 9.71. The van der Waals surface area contributed by atoms with E-state index < -0.39 is 0 Å². The van der Waals surface area contributed by atoms with Crippen molar-refractivity contribution in [2.45, 2.75) is 51.0 Å². The van der Waals surface area contributed by atoms with Crippen molar-refractivity contribution in [2.75, 3.05) is 7.11 Å². The van der Waals surface area contributed by atoms with Gasteiger partial charge in [-0.05, 0) is 19.3 Å². The maximum Gasteiger partial charge on any atom is 0.153 e. The molecule has 1 aliphatic carbocycles. The van der Waals surface area contributed by atoms with Gasteiger partial charge in [0.1, 0.15) is 5.82 Å². The lowest BCUT2D eigenvalue weighted by molar-refractivity contribution is -0.0720. The molecule has 1 aliphatic rings. The van der Waals surface area contributed by atoms with Crippen molar-refractivity contribution < 1.29 is 4.74 Å². The lowest BCUT2D eigenvalue weighted by Gasteiger charge is -2.39. The Morgan fingerprint density at radius 2 is 2.20 bits per heavy atom. The Morgan fingerprint density at radius 1 is 1.47 bits per heavy atom. The SMILES string of the molecule is COC1(Cc2nc(C(C)C)n[nH]2)CCC1. The molecule has 4 nitrogen and oxygen atoms in total. The summed E-state index contributed by atoms with van der Waals surface area (Å²) in [7, 11) is 1.79. The fourth-order valence-corrected chi connectivity index (χ4v) is 1.98. The molecule has 2 rings (SSSR count). The van der Waals surface area contributed by atoms with Gasteiger partial charge in [-0.2, -0.15) is 5.10 Å². The fourth-order valence-electron chi connectivity index (χ4n) is 1.98. The molecule has 0 aromatic carbocycles. The Bertz CT molecular complexity index is 323. The highest BCUT2D eigenvalue weighted by Crippen LogP contribution is 2.37. The summed E-state index contributed by atoms with van der Waals surface area (Å²) < 4.78 is 5.56. The molecule has 0 spiro atoms. The third-order valence-electron chi connectivity index (χ3n) is 3.25. The number of H-pyrrole nitrogens is 1. The van der Waals surface area contributed by atoms with E-state index in [1.165, 1.54) is 6.42 Å². The number of ether oxygens (including phenoxy) is 1. The van der Waals surface area contributed by atoms with Crippen molar-refractivity contribution in [3.05, 3.63) is 11.6 Å². The number of aromatic nitrogens is 3. The molecule has 1 N–H and O–H groups in total. The van der Waals surface area contributed by atoms with E-state index in [1.807, 2.05) is 0 Å². The number of nitrogens with one attached hydrogen (secondary N) is 1. The number of methoxy groups -OCH3 is 1. The Balaban J connectivity index is 2.04. The van der Waals surface area contributed by atoms with Gasteiger partial charge in [0.05, 0.1) is 5.60 Å². The second-order valence-corrected chi connectivity index (χ2v) is 4.71. The summed E-state index contributed by atoms with van der Waals surface area (Å²) in [5.74, 6) is 2.24. The van der Waals surface area contributed by atoms with Gasteiger partial charge in [-0.3, -0.25) is 5.10 Å². The fraction of sp³-hybridized carbons (Fsp3) is 0.818. The van der Waals surface area contributed by atoms with Gasteiger partial charge >= 0.3 is 0 Å². The van der Waals surface area contributed by atoms with Crippen LogP contribution in [0, 0.1) is 0 Å². The van der Waals surface area contributed by atoms with Gasteiger partial charge in [0.25, 0.3) is 0 Å². The van der Waals surface area contributed by atoms with E-state index in [0.717, 1.165) is 30.9 Å². The first-order chi connectivity index (χ1) is 7.15. The summed E-state index contributed by atoms with van der Waals surface area (Å²) >= 11 is 0. The van der Waals surface area contributed by atoms with E-state index in [0.29, 0.717) is 5.92 Å². The second kappa shape index (κ2) is 3.93. The summed E-state index contributed by atoms with van der Waals surface area (Å²) in [6.07, 6.45) is 4.41. The average Bonchev–Trinajstić information content (AvgIpc) is 2.59. The predicted octanol–water partition coefficient (Wildman–Crippen LogP) is 2.04. The summed E-state index contributed by atoms with van der Waals surface area (Å²) in [5.41, 5.74) is 0.0355. The molecule has 0 radical (unpaired) electrons. The lowest BCUT2D eigenvalue weighted by atomic mass is 9.77. The lowest BCUT2D eigenvalue weighted by Crippen LogP contribution is -2.41. The monoisotopic (exact) mass is 209 g/mol. The van der Waals surface area contributed by atoms with E-state index in [9.17, 15) is 0 Å². The Hall–Kier alpha value is -0.900. The Morgan fingerprint density at radius 3 is 2.60 bits per heavy atom. The van der Waals surface area contributed by atoms with Gasteiger partial charge in [-0.15, -0.1) is 0 Å². The van der Waals surface area contributed by atoms with Crippen LogP contribution in [0.5, 0.6) is 0 Å². The number of hydrogen-bond donors (Lipinski definition) is 1. The molecule has 0 saturated heterocycles. The quantitative estimate of drug-likeness (QED) is 0.825. The van der Waals surface area contributed by atoms with Crippen LogP contribution in [0.2, 0.25) is 0 Å². The highest BCUT2D eigenvalue weighted by atomic mass is 16.5. The van der Waals surface area contributed by atoms with Crippen LogP contribution in [0.3, 0.4) is 0 Å². The first kappa shape index (κ1) is 10.6. The molecule has 1 aromatic rings. The van der Waals surface area contributed by atoms with Crippen molar-refractivity contribution in [1.29, 1.82) is 0 Å². The van der Waals surface area contributed by atoms with Crippen LogP contribution in [0.25, 0.3) is 0 Å². The van der Waals surface area contributed by atoms with Crippen molar-refractivity contribution in [3.63, 3.8) is 0 Å². The molecular formula is C11H19N3O. The largest absolute Gasteiger partial charge is 0.378 e. The van der Waals surface area contributed by atoms with E-state index >= 15 is 0 Å². The van der Waals surface area contributed by atoms with Gasteiger partial charge in [-0.25, -0.2) is 4.98 Å². The van der Waals surface area contributed by atoms with Gasteiger partial charge in [0.15, 0.2) is 5.82 Å². The van der Waals surface area contributed by atoms with Crippen molar-refractivity contribution >= 4 is 0 Å². The maximum atomic E-state index is 5.56. The van der Waals surface area contributed by atoms with E-state index in [1.54, 1.807) is 7.11 Å². The molecule has 15 heavy (non-hydrogen) atoms. The first-order valence-corrected chi connectivity index (χ1v) is 5.61. The van der Waals surface area contributed by atoms with Crippen LogP contribution in [0.1, 0.15) is 50.7 Å². The van der Waals surface area contributed by atoms with E-state index in [-0.39, 0.29) is 5.60 Å². The smallest absolute Gasteiger partial charge is 0.153 e. The van der Waals surface area contributed by atoms with Crippen molar-refractivity contribution in [3.8, 4) is 0 Å². The molecule has 1 fully saturated rings. The molecular weight excluding hydrogens is 190 g/mol. The maximum absolute atomic E-state index is 5.56. The molecule has 0 atom stereocenters. The zero-order valence-electron chi connectivity index (χ0n) is 9.71. The first-order valence-electron chi connectivity index (χ1n) is 5.61. The van der Waals surface area contributed by atoms with Gasteiger partial charge in [0.2, 0.25) is 0 Å². The second-order valence-electron chi connectivity index (χ2n) is 4.71. The van der Waals surface area contributed by atoms with Gasteiger partial charge < -0.3 is 4.74 Å². The summed E-state index contributed by atoms with van der Waals surface area (Å²) in [6, 6.07) is 0. The minimum atomic E-state index is 0.0355. The Kier molecular flexibility index (Phi) is 2.78. The topological polar surface area (TPSA) is 50.8 Å². The minimum Gasteiger partial charge on any atom is -0.378 e. The molecule has 84 valence electrons. The third-order valence-corrected chi connectivity index (χ3v) is 3.25. The van der Waals surface area contributed by atoms with Gasteiger partial charge in [0, 0.05) is 19.4 Å². The van der Waals surface area contributed by atoms with Gasteiger partial charge in [-0.1, -0.05) is 13.8 Å². The van der Waals surface area contributed by atoms with Crippen molar-refractivity contribution in [2.24, 2.45) is 0 Å². The molecule has 1 saturated carbocycles. The Labute approximate surface area is 90.4 Å². The highest BCUT2D eigenvalue weighted by Gasteiger charge is 2.38. The predicted molar refractivity (Wildman–Crippen MR) is 57.8 cm³/mol. The van der Waals surface area contributed by atoms with E-state index in [4.69, 9.17) is 4.74 Å². The zero-order chi connectivity index (χ0) is 10.9. The van der Waals surface area contributed by atoms with Crippen LogP contribution in [0.4, 0.5) is 0 Å². The molecule has 0 amide bonds. The van der Waals surface area contributed by atoms with Crippen LogP contribution in [0.15, 0.2) is 0 Å². The highest BCUT2D eigenvalue weighted by molar-refractivity contribution is 5.02. The standard InChI is InChI=1S/C11H19N3O/c1-8(2)10-12-9(13-14-10)7-11(15-3)5-4-6-11/h8H,4-7H2,1-3H3,(H,12,13,14). The molecule has 0 unspecified atom stereocenters. The molecule has 4 heteroatoms. The van der Waals surface area contributed by atoms with Crippen LogP contribution in [-0.4, -0.2) is 27.9 Å². The molecule has 1 aromatic heterocycles. The number of aromatic amines is 1. The average molecular weight is 209 g/mol. The van der Waals surface area contributed by atoms with Crippen LogP contribution < -0.4 is 0 Å².